The minimum atomic E-state index is -0.166. The first-order valence-corrected chi connectivity index (χ1v) is 7.89. The molecule has 0 radical (unpaired) electrons. The minimum absolute atomic E-state index is 0.0565. The fraction of sp³-hybridized carbons (Fsp3) is 0.533. The van der Waals surface area contributed by atoms with Crippen LogP contribution >= 0.6 is 11.3 Å². The summed E-state index contributed by atoms with van der Waals surface area (Å²) in [6.07, 6.45) is 0.939. The number of carbonyl (C=O) groups is 1. The molecule has 1 aromatic heterocycles. The number of aliphatic hydroxyl groups is 1. The number of amides is 1. The Labute approximate surface area is 128 Å². The summed E-state index contributed by atoms with van der Waals surface area (Å²) in [6.45, 7) is 5.06. The lowest BCUT2D eigenvalue weighted by molar-refractivity contribution is 0.0374. The molecule has 1 aliphatic rings. The highest BCUT2D eigenvalue weighted by Crippen LogP contribution is 2.15. The molecule has 6 heteroatoms. The molecular formula is C15H20N2O3S. The van der Waals surface area contributed by atoms with E-state index in [4.69, 9.17) is 9.84 Å². The van der Waals surface area contributed by atoms with Gasteiger partial charge in [0.15, 0.2) is 0 Å². The topological polar surface area (TPSA) is 61.8 Å². The number of rotatable bonds is 5. The van der Waals surface area contributed by atoms with E-state index in [0.717, 1.165) is 44.1 Å². The Bertz CT molecular complexity index is 512. The molecule has 114 valence electrons. The van der Waals surface area contributed by atoms with Gasteiger partial charge in [0.2, 0.25) is 0 Å². The van der Waals surface area contributed by atoms with Gasteiger partial charge in [-0.2, -0.15) is 0 Å². The Morgan fingerprint density at radius 2 is 2.24 bits per heavy atom. The molecule has 1 saturated heterocycles. The van der Waals surface area contributed by atoms with Crippen LogP contribution in [0.25, 0.3) is 0 Å². The number of hydrogen-bond donors (Lipinski definition) is 2. The van der Waals surface area contributed by atoms with Crippen LogP contribution in [0.4, 0.5) is 0 Å². The molecule has 1 fully saturated rings. The van der Waals surface area contributed by atoms with Crippen LogP contribution in [0, 0.1) is 11.8 Å². The van der Waals surface area contributed by atoms with E-state index in [1.807, 2.05) is 0 Å². The molecule has 0 unspecified atom stereocenters. The highest BCUT2D eigenvalue weighted by molar-refractivity contribution is 7.14. The van der Waals surface area contributed by atoms with Crippen molar-refractivity contribution in [2.45, 2.75) is 6.42 Å². The largest absolute Gasteiger partial charge is 0.384 e. The number of ether oxygens (including phenoxy) is 1. The molecule has 0 atom stereocenters. The van der Waals surface area contributed by atoms with E-state index in [1.165, 1.54) is 11.3 Å². The van der Waals surface area contributed by atoms with Gasteiger partial charge in [0.05, 0.1) is 23.0 Å². The fourth-order valence-electron chi connectivity index (χ4n) is 2.07. The van der Waals surface area contributed by atoms with Crippen molar-refractivity contribution in [2.24, 2.45) is 0 Å². The molecule has 21 heavy (non-hydrogen) atoms. The molecule has 5 nitrogen and oxygen atoms in total. The van der Waals surface area contributed by atoms with Gasteiger partial charge in [-0.3, -0.25) is 9.69 Å². The second kappa shape index (κ2) is 8.80. The molecule has 1 amide bonds. The SMILES string of the molecule is O=C(NCCCN1CCOCC1)c1ccc(C#CCO)s1. The van der Waals surface area contributed by atoms with Gasteiger partial charge in [-0.25, -0.2) is 0 Å². The number of hydrogen-bond acceptors (Lipinski definition) is 5. The van der Waals surface area contributed by atoms with Crippen molar-refractivity contribution < 1.29 is 14.6 Å². The van der Waals surface area contributed by atoms with Gasteiger partial charge in [-0.1, -0.05) is 11.8 Å². The van der Waals surface area contributed by atoms with Crippen LogP contribution in [0.15, 0.2) is 12.1 Å². The van der Waals surface area contributed by atoms with Gasteiger partial charge < -0.3 is 15.2 Å². The van der Waals surface area contributed by atoms with Gasteiger partial charge in [0, 0.05) is 19.6 Å². The summed E-state index contributed by atoms with van der Waals surface area (Å²) >= 11 is 1.34. The van der Waals surface area contributed by atoms with Gasteiger partial charge in [-0.15, -0.1) is 11.3 Å². The average Bonchev–Trinajstić information content (AvgIpc) is 2.99. The summed E-state index contributed by atoms with van der Waals surface area (Å²) in [5, 5.41) is 11.6. The van der Waals surface area contributed by atoms with Crippen molar-refractivity contribution in [3.8, 4) is 11.8 Å². The number of aliphatic hydroxyl groups excluding tert-OH is 1. The summed E-state index contributed by atoms with van der Waals surface area (Å²) in [7, 11) is 0. The lowest BCUT2D eigenvalue weighted by Crippen LogP contribution is -2.38. The minimum Gasteiger partial charge on any atom is -0.384 e. The standard InChI is InChI=1S/C15H20N2O3S/c18-10-1-3-13-4-5-14(21-13)15(19)16-6-2-7-17-8-11-20-12-9-17/h4-5,18H,2,6-12H2,(H,16,19). The van der Waals surface area contributed by atoms with Crippen LogP contribution in [0.2, 0.25) is 0 Å². The summed E-state index contributed by atoms with van der Waals surface area (Å²) in [6, 6.07) is 3.57. The summed E-state index contributed by atoms with van der Waals surface area (Å²) in [4.78, 5) is 15.8. The molecule has 0 aliphatic carbocycles. The van der Waals surface area contributed by atoms with E-state index < -0.39 is 0 Å². The zero-order valence-electron chi connectivity index (χ0n) is 11.9. The summed E-state index contributed by atoms with van der Waals surface area (Å²) < 4.78 is 5.30. The third kappa shape index (κ3) is 5.48. The third-order valence-electron chi connectivity index (χ3n) is 3.16. The molecule has 1 aromatic rings. The number of morpholine rings is 1. The van der Waals surface area contributed by atoms with Crippen molar-refractivity contribution in [1.29, 1.82) is 0 Å². The van der Waals surface area contributed by atoms with Gasteiger partial charge >= 0.3 is 0 Å². The number of carbonyl (C=O) groups excluding carboxylic acids is 1. The van der Waals surface area contributed by atoms with Gasteiger partial charge in [-0.05, 0) is 25.1 Å². The van der Waals surface area contributed by atoms with Crippen LogP contribution in [-0.4, -0.2) is 61.9 Å². The van der Waals surface area contributed by atoms with E-state index >= 15 is 0 Å². The average molecular weight is 308 g/mol. The summed E-state index contributed by atoms with van der Waals surface area (Å²) in [5.74, 6) is 5.32. The van der Waals surface area contributed by atoms with Crippen molar-refractivity contribution in [2.75, 3.05) is 46.0 Å². The van der Waals surface area contributed by atoms with Gasteiger partial charge in [0.25, 0.3) is 5.91 Å². The predicted molar refractivity (Wildman–Crippen MR) is 82.5 cm³/mol. The smallest absolute Gasteiger partial charge is 0.261 e. The van der Waals surface area contributed by atoms with Crippen LogP contribution in [-0.2, 0) is 4.74 Å². The van der Waals surface area contributed by atoms with Gasteiger partial charge in [0.1, 0.15) is 6.61 Å². The van der Waals surface area contributed by atoms with Crippen molar-refractivity contribution in [1.82, 2.24) is 10.2 Å². The highest BCUT2D eigenvalue weighted by Gasteiger charge is 2.11. The number of nitrogens with zero attached hydrogens (tertiary/aromatic N) is 1. The maximum absolute atomic E-state index is 12.0. The van der Waals surface area contributed by atoms with Crippen LogP contribution < -0.4 is 5.32 Å². The van der Waals surface area contributed by atoms with Crippen LogP contribution in [0.1, 0.15) is 21.0 Å². The molecule has 2 heterocycles. The summed E-state index contributed by atoms with van der Waals surface area (Å²) in [5.41, 5.74) is 0. The van der Waals surface area contributed by atoms with E-state index in [-0.39, 0.29) is 12.5 Å². The molecular weight excluding hydrogens is 288 g/mol. The molecule has 0 spiro atoms. The normalized spacial score (nSPS) is 15.3. The van der Waals surface area contributed by atoms with Crippen molar-refractivity contribution in [3.05, 3.63) is 21.9 Å². The molecule has 0 saturated carbocycles. The van der Waals surface area contributed by atoms with E-state index in [0.29, 0.717) is 11.4 Å². The Balaban J connectivity index is 1.68. The molecule has 1 aliphatic heterocycles. The lowest BCUT2D eigenvalue weighted by atomic mass is 10.3. The number of thiophene rings is 1. The zero-order chi connectivity index (χ0) is 14.9. The monoisotopic (exact) mass is 308 g/mol. The van der Waals surface area contributed by atoms with Crippen LogP contribution in [0.3, 0.4) is 0 Å². The van der Waals surface area contributed by atoms with E-state index in [2.05, 4.69) is 22.1 Å². The lowest BCUT2D eigenvalue weighted by Gasteiger charge is -2.26. The zero-order valence-corrected chi connectivity index (χ0v) is 12.7. The fourth-order valence-corrected chi connectivity index (χ4v) is 2.87. The molecule has 0 aromatic carbocycles. The first kappa shape index (κ1) is 16.0. The molecule has 0 bridgehead atoms. The third-order valence-corrected chi connectivity index (χ3v) is 4.16. The predicted octanol–water partition coefficient (Wildman–Crippen LogP) is 0.544. The number of nitrogens with one attached hydrogen (secondary N) is 1. The van der Waals surface area contributed by atoms with Crippen molar-refractivity contribution >= 4 is 17.2 Å². The Morgan fingerprint density at radius 1 is 1.43 bits per heavy atom. The molecule has 2 N–H and O–H groups in total. The van der Waals surface area contributed by atoms with E-state index in [9.17, 15) is 4.79 Å². The first-order valence-electron chi connectivity index (χ1n) is 7.07. The Hall–Kier alpha value is -1.39. The molecule has 2 rings (SSSR count). The van der Waals surface area contributed by atoms with Crippen molar-refractivity contribution in [3.63, 3.8) is 0 Å². The maximum atomic E-state index is 12.0. The van der Waals surface area contributed by atoms with E-state index in [1.54, 1.807) is 12.1 Å². The Morgan fingerprint density at radius 3 is 3.00 bits per heavy atom. The second-order valence-corrected chi connectivity index (χ2v) is 5.77. The maximum Gasteiger partial charge on any atom is 0.261 e. The van der Waals surface area contributed by atoms with Crippen LogP contribution in [0.5, 0.6) is 0 Å². The first-order chi connectivity index (χ1) is 10.3. The Kier molecular flexibility index (Phi) is 6.70. The highest BCUT2D eigenvalue weighted by atomic mass is 32.1. The second-order valence-electron chi connectivity index (χ2n) is 4.69. The quantitative estimate of drug-likeness (QED) is 0.616.